The van der Waals surface area contributed by atoms with Gasteiger partial charge in [0.1, 0.15) is 5.75 Å². The van der Waals surface area contributed by atoms with Gasteiger partial charge in [-0.1, -0.05) is 25.5 Å². The van der Waals surface area contributed by atoms with Crippen LogP contribution in [0.5, 0.6) is 5.75 Å². The van der Waals surface area contributed by atoms with Crippen LogP contribution in [0.3, 0.4) is 0 Å². The van der Waals surface area contributed by atoms with Crippen LogP contribution in [0.2, 0.25) is 0 Å². The highest BCUT2D eigenvalue weighted by molar-refractivity contribution is 5.95. The van der Waals surface area contributed by atoms with Crippen molar-refractivity contribution < 1.29 is 19.1 Å². The third-order valence-corrected chi connectivity index (χ3v) is 3.85. The van der Waals surface area contributed by atoms with Crippen molar-refractivity contribution in [2.45, 2.75) is 46.1 Å². The van der Waals surface area contributed by atoms with E-state index >= 15 is 0 Å². The molecule has 2 aromatic carbocycles. The number of aryl methyl sites for hydroxylation is 1. The van der Waals surface area contributed by atoms with Crippen molar-refractivity contribution in [2.24, 2.45) is 0 Å². The van der Waals surface area contributed by atoms with Gasteiger partial charge >= 0.3 is 5.97 Å². The van der Waals surface area contributed by atoms with Crippen molar-refractivity contribution in [1.29, 1.82) is 0 Å². The Morgan fingerprint density at radius 3 is 2.26 bits per heavy atom. The van der Waals surface area contributed by atoms with Crippen molar-refractivity contribution in [2.75, 3.05) is 11.9 Å². The molecule has 0 radical (unpaired) electrons. The summed E-state index contributed by atoms with van der Waals surface area (Å²) in [6, 6.07) is 14.4. The first kappa shape index (κ1) is 20.5. The summed E-state index contributed by atoms with van der Waals surface area (Å²) in [5.41, 5.74) is 2.30. The number of unbranched alkanes of at least 4 members (excludes halogenated alkanes) is 1. The van der Waals surface area contributed by atoms with Gasteiger partial charge in [0.05, 0.1) is 11.7 Å². The summed E-state index contributed by atoms with van der Waals surface area (Å²) in [4.78, 5) is 24.0. The Morgan fingerprint density at radius 1 is 1.00 bits per heavy atom. The van der Waals surface area contributed by atoms with Gasteiger partial charge in [0, 0.05) is 5.69 Å². The second kappa shape index (κ2) is 10.4. The Balaban J connectivity index is 1.79. The van der Waals surface area contributed by atoms with Crippen LogP contribution in [0.15, 0.2) is 48.5 Å². The van der Waals surface area contributed by atoms with Crippen molar-refractivity contribution in [1.82, 2.24) is 0 Å². The van der Waals surface area contributed by atoms with Gasteiger partial charge in [0.2, 0.25) is 0 Å². The van der Waals surface area contributed by atoms with E-state index in [-0.39, 0.29) is 18.6 Å². The first-order valence-corrected chi connectivity index (χ1v) is 9.30. The predicted molar refractivity (Wildman–Crippen MR) is 106 cm³/mol. The van der Waals surface area contributed by atoms with Gasteiger partial charge in [-0.3, -0.25) is 4.79 Å². The van der Waals surface area contributed by atoms with Gasteiger partial charge in [0.25, 0.3) is 5.91 Å². The molecule has 0 unspecified atom stereocenters. The molecule has 0 spiro atoms. The number of nitrogens with one attached hydrogen (secondary N) is 1. The highest BCUT2D eigenvalue weighted by Crippen LogP contribution is 2.15. The van der Waals surface area contributed by atoms with Gasteiger partial charge < -0.3 is 14.8 Å². The summed E-state index contributed by atoms with van der Waals surface area (Å²) < 4.78 is 10.6. The standard InChI is InChI=1S/C22H27NO4/c1-4-5-6-17-7-11-19(12-8-17)23-21(24)15-26-22(25)18-9-13-20(14-10-18)27-16(2)3/h7-14,16H,4-6,15H2,1-3H3,(H,23,24). The maximum Gasteiger partial charge on any atom is 0.338 e. The molecule has 0 aromatic heterocycles. The smallest absolute Gasteiger partial charge is 0.338 e. The van der Waals surface area contributed by atoms with Crippen LogP contribution in [0.25, 0.3) is 0 Å². The predicted octanol–water partition coefficient (Wildman–Crippen LogP) is 4.61. The van der Waals surface area contributed by atoms with Crippen LogP contribution >= 0.6 is 0 Å². The fourth-order valence-electron chi connectivity index (χ4n) is 2.49. The van der Waals surface area contributed by atoms with E-state index in [1.807, 2.05) is 38.1 Å². The highest BCUT2D eigenvalue weighted by atomic mass is 16.5. The summed E-state index contributed by atoms with van der Waals surface area (Å²) in [7, 11) is 0. The van der Waals surface area contributed by atoms with E-state index in [4.69, 9.17) is 9.47 Å². The zero-order chi connectivity index (χ0) is 19.6. The number of benzene rings is 2. The van der Waals surface area contributed by atoms with Gasteiger partial charge in [-0.15, -0.1) is 0 Å². The largest absolute Gasteiger partial charge is 0.491 e. The lowest BCUT2D eigenvalue weighted by Gasteiger charge is -2.10. The molecule has 2 aromatic rings. The Kier molecular flexibility index (Phi) is 7.86. The molecule has 5 nitrogen and oxygen atoms in total. The SMILES string of the molecule is CCCCc1ccc(NC(=O)COC(=O)c2ccc(OC(C)C)cc2)cc1. The lowest BCUT2D eigenvalue weighted by molar-refractivity contribution is -0.119. The minimum absolute atomic E-state index is 0.0622. The van der Waals surface area contributed by atoms with Crippen LogP contribution in [0, 0.1) is 0 Å². The van der Waals surface area contributed by atoms with Crippen LogP contribution in [-0.4, -0.2) is 24.6 Å². The molecule has 0 bridgehead atoms. The number of rotatable bonds is 9. The molecule has 1 amide bonds. The lowest BCUT2D eigenvalue weighted by Crippen LogP contribution is -2.20. The zero-order valence-corrected chi connectivity index (χ0v) is 16.2. The van der Waals surface area contributed by atoms with E-state index in [2.05, 4.69) is 12.2 Å². The molecule has 0 aliphatic carbocycles. The summed E-state index contributed by atoms with van der Waals surface area (Å²) >= 11 is 0. The monoisotopic (exact) mass is 369 g/mol. The minimum Gasteiger partial charge on any atom is -0.491 e. The number of ether oxygens (including phenoxy) is 2. The van der Waals surface area contributed by atoms with E-state index in [0.717, 1.165) is 19.3 Å². The van der Waals surface area contributed by atoms with Crippen LogP contribution in [0.4, 0.5) is 5.69 Å². The number of hydrogen-bond donors (Lipinski definition) is 1. The van der Waals surface area contributed by atoms with Crippen molar-refractivity contribution in [3.05, 3.63) is 59.7 Å². The number of esters is 1. The Labute approximate surface area is 160 Å². The van der Waals surface area contributed by atoms with Gasteiger partial charge in [-0.05, 0) is 68.7 Å². The quantitative estimate of drug-likeness (QED) is 0.656. The Morgan fingerprint density at radius 2 is 1.67 bits per heavy atom. The maximum absolute atomic E-state index is 12.0. The minimum atomic E-state index is -0.545. The fraction of sp³-hybridized carbons (Fsp3) is 0.364. The summed E-state index contributed by atoms with van der Waals surface area (Å²) in [5.74, 6) is -0.234. The number of anilines is 1. The van der Waals surface area contributed by atoms with Gasteiger partial charge in [-0.25, -0.2) is 4.79 Å². The molecule has 5 heteroatoms. The summed E-state index contributed by atoms with van der Waals surface area (Å²) in [6.45, 7) is 5.68. The normalized spacial score (nSPS) is 10.5. The second-order valence-electron chi connectivity index (χ2n) is 6.62. The molecule has 0 atom stereocenters. The molecule has 0 heterocycles. The number of carbonyl (C=O) groups is 2. The Bertz CT molecular complexity index is 736. The van der Waals surface area contributed by atoms with E-state index in [0.29, 0.717) is 17.0 Å². The van der Waals surface area contributed by atoms with Crippen LogP contribution in [0.1, 0.15) is 49.5 Å². The highest BCUT2D eigenvalue weighted by Gasteiger charge is 2.11. The average Bonchev–Trinajstić information content (AvgIpc) is 2.65. The molecular weight excluding hydrogens is 342 g/mol. The lowest BCUT2D eigenvalue weighted by atomic mass is 10.1. The molecule has 27 heavy (non-hydrogen) atoms. The maximum atomic E-state index is 12.0. The molecular formula is C22H27NO4. The van der Waals surface area contributed by atoms with E-state index < -0.39 is 5.97 Å². The molecule has 1 N–H and O–H groups in total. The topological polar surface area (TPSA) is 64.6 Å². The van der Waals surface area contributed by atoms with Crippen molar-refractivity contribution in [3.8, 4) is 5.75 Å². The fourth-order valence-corrected chi connectivity index (χ4v) is 2.49. The van der Waals surface area contributed by atoms with E-state index in [1.54, 1.807) is 24.3 Å². The first-order valence-electron chi connectivity index (χ1n) is 9.30. The Hall–Kier alpha value is -2.82. The second-order valence-corrected chi connectivity index (χ2v) is 6.62. The summed E-state index contributed by atoms with van der Waals surface area (Å²) in [6.07, 6.45) is 3.39. The molecule has 0 aliphatic rings. The third-order valence-electron chi connectivity index (χ3n) is 3.85. The van der Waals surface area contributed by atoms with Gasteiger partial charge in [-0.2, -0.15) is 0 Å². The van der Waals surface area contributed by atoms with E-state index in [1.165, 1.54) is 5.56 Å². The van der Waals surface area contributed by atoms with E-state index in [9.17, 15) is 9.59 Å². The first-order chi connectivity index (χ1) is 13.0. The zero-order valence-electron chi connectivity index (χ0n) is 16.2. The third kappa shape index (κ3) is 7.13. The molecule has 0 aliphatic heterocycles. The summed E-state index contributed by atoms with van der Waals surface area (Å²) in [5, 5.41) is 2.73. The van der Waals surface area contributed by atoms with Crippen molar-refractivity contribution in [3.63, 3.8) is 0 Å². The number of carbonyl (C=O) groups excluding carboxylic acids is 2. The average molecular weight is 369 g/mol. The number of amides is 1. The molecule has 0 saturated heterocycles. The molecule has 144 valence electrons. The molecule has 0 saturated carbocycles. The number of hydrogen-bond acceptors (Lipinski definition) is 4. The van der Waals surface area contributed by atoms with Crippen LogP contribution in [-0.2, 0) is 16.0 Å². The van der Waals surface area contributed by atoms with Crippen LogP contribution < -0.4 is 10.1 Å². The van der Waals surface area contributed by atoms with Crippen molar-refractivity contribution >= 4 is 17.6 Å². The molecule has 2 rings (SSSR count). The molecule has 0 fully saturated rings. The van der Waals surface area contributed by atoms with Gasteiger partial charge in [0.15, 0.2) is 6.61 Å².